The number of rotatable bonds is 53. The van der Waals surface area contributed by atoms with Gasteiger partial charge < -0.3 is 5.11 Å². The largest absolute Gasteiger partial charge is 0.481 e. The molecular formula is C48H96O18S4. The first-order valence-corrected chi connectivity index (χ1v) is 32.3. The monoisotopic (exact) mass is 1090 g/mol. The summed E-state index contributed by atoms with van der Waals surface area (Å²) in [6, 6.07) is 0. The van der Waals surface area contributed by atoms with Gasteiger partial charge in [0.25, 0.3) is 0 Å². The van der Waals surface area contributed by atoms with Crippen molar-refractivity contribution in [3.8, 4) is 0 Å². The molecule has 0 heterocycles. The van der Waals surface area contributed by atoms with Crippen molar-refractivity contribution in [2.45, 2.75) is 295 Å². The molecule has 0 fully saturated rings. The smallest absolute Gasteiger partial charge is 0.397 e. The molecule has 0 unspecified atom stereocenters. The first-order valence-electron chi connectivity index (χ1n) is 26.9. The Kier molecular flexibility index (Phi) is 41.6. The number of carboxylic acid groups (broad SMARTS) is 1. The summed E-state index contributed by atoms with van der Waals surface area (Å²) >= 11 is 0. The summed E-state index contributed by atoms with van der Waals surface area (Å²) in [6.45, 7) is 4.19. The SMILES string of the molecule is CCCCCC[C@H](CCCCCCCCC[C@H](CCCCCCC[C@@H](CCCCC[C@H](CCCCCCCCC[C@H](CCCCCC)OS(=O)(=O)O)OS(=O)(=O)O)C(=O)O)OS(=O)(=O)O)OS(=O)(=O)O. The Morgan fingerprint density at radius 3 is 0.629 bits per heavy atom. The van der Waals surface area contributed by atoms with E-state index in [1.165, 1.54) is 0 Å². The highest BCUT2D eigenvalue weighted by atomic mass is 32.3. The summed E-state index contributed by atoms with van der Waals surface area (Å²) in [4.78, 5) is 12.0. The molecule has 18 nitrogen and oxygen atoms in total. The van der Waals surface area contributed by atoms with Gasteiger partial charge in [-0.15, -0.1) is 0 Å². The van der Waals surface area contributed by atoms with Crippen molar-refractivity contribution in [3.05, 3.63) is 0 Å². The molecule has 0 bridgehead atoms. The Morgan fingerprint density at radius 1 is 0.300 bits per heavy atom. The van der Waals surface area contributed by atoms with Gasteiger partial charge in [0.2, 0.25) is 0 Å². The second-order valence-electron chi connectivity index (χ2n) is 19.4. The maximum atomic E-state index is 12.0. The molecule has 0 aliphatic rings. The topological polar surface area (TPSA) is 292 Å². The van der Waals surface area contributed by atoms with Gasteiger partial charge in [0.05, 0.1) is 30.3 Å². The summed E-state index contributed by atoms with van der Waals surface area (Å²) in [5, 5.41) is 9.82. The van der Waals surface area contributed by atoms with E-state index >= 15 is 0 Å². The van der Waals surface area contributed by atoms with E-state index in [4.69, 9.17) is 25.8 Å². The molecule has 0 spiro atoms. The van der Waals surface area contributed by atoms with Crippen molar-refractivity contribution in [3.63, 3.8) is 0 Å². The van der Waals surface area contributed by atoms with Crippen molar-refractivity contribution >= 4 is 47.6 Å². The predicted molar refractivity (Wildman–Crippen MR) is 273 cm³/mol. The van der Waals surface area contributed by atoms with E-state index in [-0.39, 0.29) is 0 Å². The van der Waals surface area contributed by atoms with E-state index in [1.54, 1.807) is 0 Å². The van der Waals surface area contributed by atoms with E-state index in [0.717, 1.165) is 167 Å². The lowest BCUT2D eigenvalue weighted by Crippen LogP contribution is -2.18. The number of hydrogen-bond acceptors (Lipinski definition) is 13. The number of carbonyl (C=O) groups is 1. The van der Waals surface area contributed by atoms with E-state index < -0.39 is 77.9 Å². The van der Waals surface area contributed by atoms with Crippen LogP contribution in [0.25, 0.3) is 0 Å². The van der Waals surface area contributed by atoms with Crippen molar-refractivity contribution in [2.24, 2.45) is 5.92 Å². The highest BCUT2D eigenvalue weighted by molar-refractivity contribution is 7.81. The van der Waals surface area contributed by atoms with Crippen LogP contribution in [0, 0.1) is 5.92 Å². The molecule has 5 atom stereocenters. The van der Waals surface area contributed by atoms with E-state index in [0.29, 0.717) is 89.9 Å². The second-order valence-corrected chi connectivity index (χ2v) is 23.6. The summed E-state index contributed by atoms with van der Waals surface area (Å²) in [6.07, 6.45) is 29.0. The zero-order chi connectivity index (χ0) is 52.6. The molecule has 5 N–H and O–H groups in total. The van der Waals surface area contributed by atoms with Crippen LogP contribution in [0.3, 0.4) is 0 Å². The fourth-order valence-electron chi connectivity index (χ4n) is 9.13. The average Bonchev–Trinajstić information content (AvgIpc) is 3.24. The Labute approximate surface area is 425 Å². The molecule has 0 aromatic heterocycles. The van der Waals surface area contributed by atoms with Crippen LogP contribution in [-0.2, 0) is 63.1 Å². The van der Waals surface area contributed by atoms with Crippen LogP contribution in [0.4, 0.5) is 0 Å². The van der Waals surface area contributed by atoms with E-state index in [1.807, 2.05) is 0 Å². The van der Waals surface area contributed by atoms with Crippen molar-refractivity contribution in [1.82, 2.24) is 0 Å². The third-order valence-electron chi connectivity index (χ3n) is 12.9. The van der Waals surface area contributed by atoms with Crippen LogP contribution >= 0.6 is 0 Å². The van der Waals surface area contributed by atoms with Crippen LogP contribution in [0.2, 0.25) is 0 Å². The minimum atomic E-state index is -4.62. The molecule has 0 aliphatic heterocycles. The maximum Gasteiger partial charge on any atom is 0.397 e. The van der Waals surface area contributed by atoms with E-state index in [2.05, 4.69) is 13.8 Å². The minimum absolute atomic E-state index is 0.419. The van der Waals surface area contributed by atoms with Crippen LogP contribution in [0.5, 0.6) is 0 Å². The zero-order valence-electron chi connectivity index (χ0n) is 42.8. The molecule has 70 heavy (non-hydrogen) atoms. The van der Waals surface area contributed by atoms with E-state index in [9.17, 15) is 52.7 Å². The zero-order valence-corrected chi connectivity index (χ0v) is 46.1. The summed E-state index contributed by atoms with van der Waals surface area (Å²) in [5.41, 5.74) is 0. The maximum absolute atomic E-state index is 12.0. The molecule has 420 valence electrons. The molecule has 0 aliphatic carbocycles. The van der Waals surface area contributed by atoms with Gasteiger partial charge in [0, 0.05) is 0 Å². The lowest BCUT2D eigenvalue weighted by atomic mass is 9.94. The lowest BCUT2D eigenvalue weighted by Gasteiger charge is -2.16. The number of unbranched alkanes of at least 4 members (excludes halogenated alkanes) is 24. The van der Waals surface area contributed by atoms with Gasteiger partial charge in [-0.2, -0.15) is 33.7 Å². The third kappa shape index (κ3) is 49.2. The molecular weight excluding hydrogens is 993 g/mol. The number of aliphatic carboxylic acids is 1. The van der Waals surface area contributed by atoms with Crippen LogP contribution in [-0.4, -0.2) is 87.4 Å². The average molecular weight is 1090 g/mol. The van der Waals surface area contributed by atoms with Crippen molar-refractivity contribution in [2.75, 3.05) is 0 Å². The highest BCUT2D eigenvalue weighted by Crippen LogP contribution is 2.24. The van der Waals surface area contributed by atoms with Gasteiger partial charge in [-0.25, -0.2) is 16.7 Å². The molecule has 0 aromatic carbocycles. The van der Waals surface area contributed by atoms with Gasteiger partial charge in [0.1, 0.15) is 0 Å². The first-order chi connectivity index (χ1) is 33.0. The standard InChI is InChI=1S/C48H96O18S4/c1-3-5-7-25-35-44(63-67(51,52)53)37-27-17-11-9-13-19-29-39-46(65-69(57,58)59)41-31-21-15-16-23-33-43(48(49)50)34-24-22-32-42-47(66-70(60,61)62)40-30-20-14-10-12-18-28-38-45(64-68(54,55)56)36-26-8-6-4-2/h43-47H,3-42H2,1-2H3,(H,49,50)(H,51,52,53)(H,54,55,56)(H,57,58,59)(H,60,61,62)/t43-,44+,45-,46+,47-/m0/s1. The quantitative estimate of drug-likeness (QED) is 0.0279. The van der Waals surface area contributed by atoms with Crippen molar-refractivity contribution < 1.29 is 78.5 Å². The fourth-order valence-corrected chi connectivity index (χ4v) is 11.3. The Balaban J connectivity index is 4.38. The van der Waals surface area contributed by atoms with Crippen LogP contribution < -0.4 is 0 Å². The Morgan fingerprint density at radius 2 is 0.457 bits per heavy atom. The van der Waals surface area contributed by atoms with Gasteiger partial charge in [-0.3, -0.25) is 23.0 Å². The molecule has 0 radical (unpaired) electrons. The van der Waals surface area contributed by atoms with Crippen LogP contribution in [0.15, 0.2) is 0 Å². The van der Waals surface area contributed by atoms with Gasteiger partial charge >= 0.3 is 47.6 Å². The molecule has 0 rings (SSSR count). The summed E-state index contributed by atoms with van der Waals surface area (Å²) < 4.78 is 148. The molecule has 0 saturated heterocycles. The normalized spacial score (nSPS) is 14.9. The third-order valence-corrected chi connectivity index (χ3v) is 15.0. The minimum Gasteiger partial charge on any atom is -0.481 e. The Bertz CT molecular complexity index is 1710. The second kappa shape index (κ2) is 42.2. The van der Waals surface area contributed by atoms with Gasteiger partial charge in [-0.1, -0.05) is 206 Å². The summed E-state index contributed by atoms with van der Waals surface area (Å²) in [7, 11) is -18.2. The first kappa shape index (κ1) is 69.0. The van der Waals surface area contributed by atoms with Gasteiger partial charge in [-0.05, 0) is 64.2 Å². The number of carboxylic acids is 1. The molecule has 0 amide bonds. The predicted octanol–water partition coefficient (Wildman–Crippen LogP) is 13.1. The number of hydrogen-bond donors (Lipinski definition) is 5. The summed E-state index contributed by atoms with van der Waals surface area (Å²) in [5.74, 6) is -1.35. The Hall–Kier alpha value is -1.05. The molecule has 22 heteroatoms. The van der Waals surface area contributed by atoms with Crippen molar-refractivity contribution in [1.29, 1.82) is 0 Å². The molecule has 0 aromatic rings. The van der Waals surface area contributed by atoms with Gasteiger partial charge in [0.15, 0.2) is 0 Å². The van der Waals surface area contributed by atoms with Crippen LogP contribution in [0.1, 0.15) is 271 Å². The fraction of sp³-hybridized carbons (Fsp3) is 0.979. The molecule has 0 saturated carbocycles. The highest BCUT2D eigenvalue weighted by Gasteiger charge is 2.21. The lowest BCUT2D eigenvalue weighted by molar-refractivity contribution is -0.142.